The molecule has 0 aliphatic heterocycles. The smallest absolute Gasteiger partial charge is 0.258 e. The van der Waals surface area contributed by atoms with Gasteiger partial charge in [-0.25, -0.2) is 0 Å². The highest BCUT2D eigenvalue weighted by Crippen LogP contribution is 2.20. The van der Waals surface area contributed by atoms with E-state index in [4.69, 9.17) is 4.52 Å². The molecule has 1 aromatic carbocycles. The first-order chi connectivity index (χ1) is 10.6. The molecule has 3 rings (SSSR count). The summed E-state index contributed by atoms with van der Waals surface area (Å²) in [6, 6.07) is 8.17. The van der Waals surface area contributed by atoms with E-state index < -0.39 is 10.8 Å². The lowest BCUT2D eigenvalue weighted by molar-refractivity contribution is 0.425. The van der Waals surface area contributed by atoms with Crippen molar-refractivity contribution in [2.24, 2.45) is 0 Å². The molecule has 4 nitrogen and oxygen atoms in total. The van der Waals surface area contributed by atoms with Crippen molar-refractivity contribution < 1.29 is 8.73 Å². The van der Waals surface area contributed by atoms with Crippen LogP contribution in [0.15, 0.2) is 39.5 Å². The van der Waals surface area contributed by atoms with Gasteiger partial charge in [0.05, 0.1) is 11.3 Å². The van der Waals surface area contributed by atoms with Crippen LogP contribution in [0.25, 0.3) is 11.5 Å². The monoisotopic (exact) mass is 332 g/mol. The zero-order valence-corrected chi connectivity index (χ0v) is 14.0. The molecule has 2 heterocycles. The molecule has 3 aromatic rings. The Morgan fingerprint density at radius 2 is 1.95 bits per heavy atom. The van der Waals surface area contributed by atoms with Gasteiger partial charge in [0.25, 0.3) is 5.89 Å². The van der Waals surface area contributed by atoms with Crippen LogP contribution in [0.5, 0.6) is 0 Å². The molecule has 114 valence electrons. The van der Waals surface area contributed by atoms with Crippen molar-refractivity contribution in [3.8, 4) is 11.5 Å². The summed E-state index contributed by atoms with van der Waals surface area (Å²) in [6.45, 7) is 4.09. The summed E-state index contributed by atoms with van der Waals surface area (Å²) in [5.41, 5.74) is 4.36. The standard InChI is InChI=1S/C16H16N2O2S2/c1-11-5-12(2)7-13(6-11)9-22(19)10-15-17-16(20-18-15)14-3-4-21-8-14/h3-8H,9-10H2,1-2H3. The predicted molar refractivity (Wildman–Crippen MR) is 89.1 cm³/mol. The minimum Gasteiger partial charge on any atom is -0.334 e. The van der Waals surface area contributed by atoms with E-state index in [2.05, 4.69) is 28.3 Å². The SMILES string of the molecule is Cc1cc(C)cc(CS(=O)Cc2noc(-c3ccsc3)n2)c1. The van der Waals surface area contributed by atoms with E-state index in [1.54, 1.807) is 11.3 Å². The fourth-order valence-electron chi connectivity index (χ4n) is 2.35. The third-order valence-corrected chi connectivity index (χ3v) is 5.05. The fourth-order valence-corrected chi connectivity index (χ4v) is 4.02. The van der Waals surface area contributed by atoms with E-state index >= 15 is 0 Å². The maximum atomic E-state index is 12.3. The first-order valence-corrected chi connectivity index (χ1v) is 9.30. The zero-order valence-electron chi connectivity index (χ0n) is 12.4. The van der Waals surface area contributed by atoms with Gasteiger partial charge in [0.2, 0.25) is 0 Å². The topological polar surface area (TPSA) is 56.0 Å². The second-order valence-electron chi connectivity index (χ2n) is 5.25. The zero-order chi connectivity index (χ0) is 15.5. The van der Waals surface area contributed by atoms with Crippen LogP contribution in [-0.4, -0.2) is 14.3 Å². The van der Waals surface area contributed by atoms with Crippen LogP contribution in [-0.2, 0) is 22.3 Å². The lowest BCUT2D eigenvalue weighted by atomic mass is 10.1. The van der Waals surface area contributed by atoms with Crippen molar-refractivity contribution in [1.82, 2.24) is 10.1 Å². The van der Waals surface area contributed by atoms with Gasteiger partial charge in [-0.15, -0.1) is 0 Å². The van der Waals surface area contributed by atoms with Gasteiger partial charge in [-0.05, 0) is 30.9 Å². The van der Waals surface area contributed by atoms with Gasteiger partial charge in [0.15, 0.2) is 5.82 Å². The average Bonchev–Trinajstić information content (AvgIpc) is 3.07. The van der Waals surface area contributed by atoms with Crippen LogP contribution in [0.2, 0.25) is 0 Å². The summed E-state index contributed by atoms with van der Waals surface area (Å²) in [4.78, 5) is 4.31. The van der Waals surface area contributed by atoms with Crippen LogP contribution in [0, 0.1) is 13.8 Å². The summed E-state index contributed by atoms with van der Waals surface area (Å²) in [5.74, 6) is 1.79. The quantitative estimate of drug-likeness (QED) is 0.712. The van der Waals surface area contributed by atoms with Crippen molar-refractivity contribution in [2.45, 2.75) is 25.4 Å². The fraction of sp³-hybridized carbons (Fsp3) is 0.250. The Hall–Kier alpha value is -1.79. The Morgan fingerprint density at radius 3 is 2.64 bits per heavy atom. The molecule has 0 saturated heterocycles. The second kappa shape index (κ2) is 6.54. The summed E-state index contributed by atoms with van der Waals surface area (Å²) in [6.07, 6.45) is 0. The molecule has 2 aromatic heterocycles. The van der Waals surface area contributed by atoms with Crippen LogP contribution < -0.4 is 0 Å². The van der Waals surface area contributed by atoms with Crippen LogP contribution in [0.1, 0.15) is 22.5 Å². The first kappa shape index (κ1) is 15.1. The van der Waals surface area contributed by atoms with E-state index in [9.17, 15) is 4.21 Å². The molecule has 1 unspecified atom stereocenters. The highest BCUT2D eigenvalue weighted by atomic mass is 32.2. The van der Waals surface area contributed by atoms with Crippen molar-refractivity contribution in [2.75, 3.05) is 0 Å². The van der Waals surface area contributed by atoms with E-state index in [-0.39, 0.29) is 0 Å². The molecule has 0 aliphatic carbocycles. The number of aromatic nitrogens is 2. The number of nitrogens with zero attached hydrogens (tertiary/aromatic N) is 2. The average molecular weight is 332 g/mol. The number of thiophene rings is 1. The van der Waals surface area contributed by atoms with E-state index in [0.29, 0.717) is 23.2 Å². The Balaban J connectivity index is 1.67. The van der Waals surface area contributed by atoms with Crippen molar-refractivity contribution in [1.29, 1.82) is 0 Å². The van der Waals surface area contributed by atoms with Gasteiger partial charge in [-0.3, -0.25) is 4.21 Å². The molecule has 0 saturated carbocycles. The normalized spacial score (nSPS) is 12.5. The number of rotatable bonds is 5. The highest BCUT2D eigenvalue weighted by molar-refractivity contribution is 7.83. The molecule has 0 N–H and O–H groups in total. The Labute approximate surface area is 135 Å². The molecule has 22 heavy (non-hydrogen) atoms. The summed E-state index contributed by atoms with van der Waals surface area (Å²) in [7, 11) is -1.05. The third kappa shape index (κ3) is 3.69. The van der Waals surface area contributed by atoms with Crippen molar-refractivity contribution in [3.05, 3.63) is 57.5 Å². The minimum absolute atomic E-state index is 0.306. The number of aryl methyl sites for hydroxylation is 2. The van der Waals surface area contributed by atoms with Gasteiger partial charge in [-0.1, -0.05) is 34.5 Å². The maximum absolute atomic E-state index is 12.3. The van der Waals surface area contributed by atoms with Crippen molar-refractivity contribution >= 4 is 22.1 Å². The largest absolute Gasteiger partial charge is 0.334 e. The molecular weight excluding hydrogens is 316 g/mol. The number of hydrogen-bond acceptors (Lipinski definition) is 5. The molecule has 0 radical (unpaired) electrons. The van der Waals surface area contributed by atoms with E-state index in [1.165, 1.54) is 11.1 Å². The minimum atomic E-state index is -1.05. The molecule has 0 fully saturated rings. The van der Waals surface area contributed by atoms with Crippen molar-refractivity contribution in [3.63, 3.8) is 0 Å². The molecule has 0 aliphatic rings. The van der Waals surface area contributed by atoms with Crippen LogP contribution >= 0.6 is 11.3 Å². The number of benzene rings is 1. The summed E-state index contributed by atoms with van der Waals surface area (Å²) in [5, 5.41) is 7.82. The van der Waals surface area contributed by atoms with Gasteiger partial charge in [-0.2, -0.15) is 16.3 Å². The Kier molecular flexibility index (Phi) is 4.49. The maximum Gasteiger partial charge on any atom is 0.258 e. The lowest BCUT2D eigenvalue weighted by Gasteiger charge is -2.04. The Morgan fingerprint density at radius 1 is 1.18 bits per heavy atom. The lowest BCUT2D eigenvalue weighted by Crippen LogP contribution is -2.01. The van der Waals surface area contributed by atoms with Gasteiger partial charge in [0.1, 0.15) is 0 Å². The van der Waals surface area contributed by atoms with Gasteiger partial charge >= 0.3 is 0 Å². The second-order valence-corrected chi connectivity index (χ2v) is 7.49. The summed E-state index contributed by atoms with van der Waals surface area (Å²) < 4.78 is 17.5. The van der Waals surface area contributed by atoms with Gasteiger partial charge in [0, 0.05) is 21.9 Å². The van der Waals surface area contributed by atoms with E-state index in [1.807, 2.05) is 30.7 Å². The molecule has 1 atom stereocenters. The Bertz CT molecular complexity index is 774. The third-order valence-electron chi connectivity index (χ3n) is 3.14. The molecule has 0 amide bonds. The molecule has 6 heteroatoms. The molecule has 0 bridgehead atoms. The summed E-state index contributed by atoms with van der Waals surface area (Å²) >= 11 is 1.57. The first-order valence-electron chi connectivity index (χ1n) is 6.87. The predicted octanol–water partition coefficient (Wildman–Crippen LogP) is 3.86. The van der Waals surface area contributed by atoms with Crippen LogP contribution in [0.3, 0.4) is 0 Å². The highest BCUT2D eigenvalue weighted by Gasteiger charge is 2.12. The van der Waals surface area contributed by atoms with Crippen LogP contribution in [0.4, 0.5) is 0 Å². The number of hydrogen-bond donors (Lipinski definition) is 0. The van der Waals surface area contributed by atoms with E-state index in [0.717, 1.165) is 11.1 Å². The molecule has 0 spiro atoms. The van der Waals surface area contributed by atoms with Gasteiger partial charge < -0.3 is 4.52 Å². The molecular formula is C16H16N2O2S2.